The summed E-state index contributed by atoms with van der Waals surface area (Å²) in [6, 6.07) is 16.5. The molecule has 1 heterocycles. The van der Waals surface area contributed by atoms with Gasteiger partial charge >= 0.3 is 0 Å². The minimum atomic E-state index is 1.09. The minimum Gasteiger partial charge on any atom is -0.359 e. The highest BCUT2D eigenvalue weighted by molar-refractivity contribution is 9.10. The van der Waals surface area contributed by atoms with Crippen molar-refractivity contribution >= 4 is 33.0 Å². The monoisotopic (exact) mass is 286 g/mol. The van der Waals surface area contributed by atoms with Crippen LogP contribution in [0.1, 0.15) is 0 Å². The fourth-order valence-corrected chi connectivity index (χ4v) is 2.18. The van der Waals surface area contributed by atoms with E-state index >= 15 is 0 Å². The molecule has 2 nitrogen and oxygen atoms in total. The molecule has 0 spiro atoms. The first-order valence-electron chi connectivity index (χ1n) is 5.42. The van der Waals surface area contributed by atoms with Gasteiger partial charge in [0.05, 0.1) is 11.4 Å². The van der Waals surface area contributed by atoms with Crippen LogP contribution in [-0.4, -0.2) is 0 Å². The van der Waals surface area contributed by atoms with E-state index in [0.29, 0.717) is 0 Å². The number of rotatable bonds is 1. The van der Waals surface area contributed by atoms with Crippen LogP contribution in [0, 0.1) is 0 Å². The molecule has 3 heteroatoms. The number of para-hydroxylation sites is 2. The predicted octanol–water partition coefficient (Wildman–Crippen LogP) is 4.48. The highest BCUT2D eigenvalue weighted by atomic mass is 79.9. The van der Waals surface area contributed by atoms with Crippen LogP contribution in [0.3, 0.4) is 0 Å². The average Bonchev–Trinajstić information content (AvgIpc) is 2.39. The summed E-state index contributed by atoms with van der Waals surface area (Å²) in [6.45, 7) is 0. The van der Waals surface area contributed by atoms with E-state index in [9.17, 15) is 0 Å². The third kappa shape index (κ3) is 1.94. The van der Waals surface area contributed by atoms with Crippen LogP contribution in [0.4, 0.5) is 17.1 Å². The van der Waals surface area contributed by atoms with Crippen LogP contribution in [0.5, 0.6) is 0 Å². The van der Waals surface area contributed by atoms with Gasteiger partial charge in [0.2, 0.25) is 0 Å². The van der Waals surface area contributed by atoms with Crippen LogP contribution in [0.15, 0.2) is 65.4 Å². The molecule has 0 saturated carbocycles. The minimum absolute atomic E-state index is 1.09. The first-order valence-corrected chi connectivity index (χ1v) is 6.21. The van der Waals surface area contributed by atoms with Crippen molar-refractivity contribution in [3.63, 3.8) is 0 Å². The predicted molar refractivity (Wildman–Crippen MR) is 75.5 cm³/mol. The Morgan fingerprint density at radius 2 is 1.71 bits per heavy atom. The Morgan fingerprint density at radius 3 is 2.53 bits per heavy atom. The van der Waals surface area contributed by atoms with Crippen molar-refractivity contribution in [1.29, 1.82) is 0 Å². The van der Waals surface area contributed by atoms with Crippen molar-refractivity contribution in [3.8, 4) is 0 Å². The molecule has 0 saturated heterocycles. The summed E-state index contributed by atoms with van der Waals surface area (Å²) in [7, 11) is 0. The van der Waals surface area contributed by atoms with Crippen molar-refractivity contribution in [3.05, 3.63) is 65.4 Å². The summed E-state index contributed by atoms with van der Waals surface area (Å²) >= 11 is 3.45. The topological polar surface area (TPSA) is 15.3 Å². The van der Waals surface area contributed by atoms with Gasteiger partial charge in [-0.15, -0.1) is 0 Å². The number of anilines is 3. The molecular formula is C14H11BrN2. The van der Waals surface area contributed by atoms with Crippen molar-refractivity contribution in [2.75, 3.05) is 10.2 Å². The van der Waals surface area contributed by atoms with E-state index in [2.05, 4.69) is 50.4 Å². The number of hydrogen-bond acceptors (Lipinski definition) is 2. The number of benzene rings is 2. The number of hydrogen-bond donors (Lipinski definition) is 1. The lowest BCUT2D eigenvalue weighted by molar-refractivity contribution is 1.24. The molecule has 1 N–H and O–H groups in total. The van der Waals surface area contributed by atoms with Gasteiger partial charge in [0.25, 0.3) is 0 Å². The summed E-state index contributed by atoms with van der Waals surface area (Å²) in [6.07, 6.45) is 3.98. The van der Waals surface area contributed by atoms with Gasteiger partial charge in [-0.1, -0.05) is 28.1 Å². The zero-order valence-corrected chi connectivity index (χ0v) is 10.7. The molecule has 0 aliphatic carbocycles. The van der Waals surface area contributed by atoms with Crippen LogP contribution >= 0.6 is 15.9 Å². The second-order valence-corrected chi connectivity index (χ2v) is 4.74. The van der Waals surface area contributed by atoms with Gasteiger partial charge in [0.1, 0.15) is 0 Å². The molecule has 0 aromatic heterocycles. The van der Waals surface area contributed by atoms with E-state index in [0.717, 1.165) is 21.5 Å². The Morgan fingerprint density at radius 1 is 0.941 bits per heavy atom. The molecule has 0 atom stereocenters. The van der Waals surface area contributed by atoms with Crippen LogP contribution in [-0.2, 0) is 0 Å². The van der Waals surface area contributed by atoms with Crippen molar-refractivity contribution in [2.45, 2.75) is 0 Å². The number of halogens is 1. The Balaban J connectivity index is 2.06. The number of nitrogens with one attached hydrogen (secondary N) is 1. The zero-order chi connectivity index (χ0) is 11.7. The van der Waals surface area contributed by atoms with Gasteiger partial charge in [-0.2, -0.15) is 0 Å². The van der Waals surface area contributed by atoms with E-state index in [1.807, 2.05) is 36.7 Å². The Hall–Kier alpha value is -1.74. The molecule has 0 unspecified atom stereocenters. The maximum Gasteiger partial charge on any atom is 0.0691 e. The molecule has 0 amide bonds. The lowest BCUT2D eigenvalue weighted by Crippen LogP contribution is -2.14. The summed E-state index contributed by atoms with van der Waals surface area (Å²) in [4.78, 5) is 2.16. The molecular weight excluding hydrogens is 276 g/mol. The molecule has 1 aliphatic heterocycles. The van der Waals surface area contributed by atoms with Gasteiger partial charge in [0.15, 0.2) is 0 Å². The number of nitrogens with zero attached hydrogens (tertiary/aromatic N) is 1. The lowest BCUT2D eigenvalue weighted by atomic mass is 10.2. The van der Waals surface area contributed by atoms with Crippen LogP contribution < -0.4 is 10.2 Å². The quantitative estimate of drug-likeness (QED) is 0.831. The van der Waals surface area contributed by atoms with Gasteiger partial charge in [-0.25, -0.2) is 0 Å². The Bertz CT molecular complexity index is 561. The second-order valence-electron chi connectivity index (χ2n) is 3.82. The van der Waals surface area contributed by atoms with Crippen LogP contribution in [0.2, 0.25) is 0 Å². The van der Waals surface area contributed by atoms with Gasteiger partial charge < -0.3 is 10.2 Å². The van der Waals surface area contributed by atoms with Crippen molar-refractivity contribution < 1.29 is 0 Å². The van der Waals surface area contributed by atoms with E-state index in [1.165, 1.54) is 0 Å². The normalized spacial score (nSPS) is 13.1. The van der Waals surface area contributed by atoms with Gasteiger partial charge in [-0.05, 0) is 36.4 Å². The largest absolute Gasteiger partial charge is 0.359 e. The maximum atomic E-state index is 3.45. The first kappa shape index (κ1) is 10.4. The fraction of sp³-hybridized carbons (Fsp3) is 0. The summed E-state index contributed by atoms with van der Waals surface area (Å²) in [5.41, 5.74) is 3.44. The van der Waals surface area contributed by atoms with E-state index < -0.39 is 0 Å². The van der Waals surface area contributed by atoms with E-state index in [4.69, 9.17) is 0 Å². The summed E-state index contributed by atoms with van der Waals surface area (Å²) < 4.78 is 1.09. The molecule has 3 rings (SSSR count). The third-order valence-corrected chi connectivity index (χ3v) is 3.26. The SMILES string of the molecule is Brc1ccc(N2C=CNc3ccccc32)cc1. The molecule has 17 heavy (non-hydrogen) atoms. The highest BCUT2D eigenvalue weighted by Crippen LogP contribution is 2.35. The highest BCUT2D eigenvalue weighted by Gasteiger charge is 2.13. The lowest BCUT2D eigenvalue weighted by Gasteiger charge is -2.26. The summed E-state index contributed by atoms with van der Waals surface area (Å²) in [5.74, 6) is 0. The number of fused-ring (bicyclic) bond motifs is 1. The molecule has 0 bridgehead atoms. The first-order chi connectivity index (χ1) is 8.34. The fourth-order valence-electron chi connectivity index (χ4n) is 1.91. The molecule has 84 valence electrons. The van der Waals surface area contributed by atoms with E-state index in [-0.39, 0.29) is 0 Å². The third-order valence-electron chi connectivity index (χ3n) is 2.73. The Labute approximate surface area is 109 Å². The molecule has 0 fully saturated rings. The summed E-state index contributed by atoms with van der Waals surface area (Å²) in [5, 5.41) is 3.24. The molecule has 1 aliphatic rings. The average molecular weight is 287 g/mol. The smallest absolute Gasteiger partial charge is 0.0691 e. The Kier molecular flexibility index (Phi) is 2.61. The second kappa shape index (κ2) is 4.26. The molecule has 2 aromatic rings. The zero-order valence-electron chi connectivity index (χ0n) is 9.10. The maximum absolute atomic E-state index is 3.45. The van der Waals surface area contributed by atoms with Gasteiger partial charge in [0, 0.05) is 22.6 Å². The van der Waals surface area contributed by atoms with E-state index in [1.54, 1.807) is 0 Å². The molecule has 2 aromatic carbocycles. The van der Waals surface area contributed by atoms with Crippen molar-refractivity contribution in [2.24, 2.45) is 0 Å². The van der Waals surface area contributed by atoms with Crippen LogP contribution in [0.25, 0.3) is 0 Å². The molecule has 0 radical (unpaired) electrons. The van der Waals surface area contributed by atoms with Gasteiger partial charge in [-0.3, -0.25) is 0 Å². The standard InChI is InChI=1S/C14H11BrN2/c15-11-5-7-12(8-6-11)17-10-9-16-13-3-1-2-4-14(13)17/h1-10,16H. The van der Waals surface area contributed by atoms with Crippen molar-refractivity contribution in [1.82, 2.24) is 0 Å².